The second-order valence-electron chi connectivity index (χ2n) is 4.77. The van der Waals surface area contributed by atoms with Crippen LogP contribution in [0.3, 0.4) is 0 Å². The van der Waals surface area contributed by atoms with Crippen LogP contribution in [0.1, 0.15) is 46.0 Å². The largest absolute Gasteiger partial charge is 0.379 e. The van der Waals surface area contributed by atoms with Crippen molar-refractivity contribution in [3.05, 3.63) is 0 Å². The fourth-order valence-corrected chi connectivity index (χ4v) is 1.98. The number of unbranched alkanes of at least 4 members (excludes halogenated alkanes) is 2. The molecule has 4 nitrogen and oxygen atoms in total. The molecule has 0 aromatic rings. The third kappa shape index (κ3) is 5.65. The van der Waals surface area contributed by atoms with E-state index in [1.807, 2.05) is 0 Å². The molecule has 1 aliphatic heterocycles. The minimum atomic E-state index is -0.142. The molecule has 0 amide bonds. The molecular weight excluding hydrogens is 232 g/mol. The Kier molecular flexibility index (Phi) is 8.59. The van der Waals surface area contributed by atoms with Crippen LogP contribution in [0.5, 0.6) is 0 Å². The van der Waals surface area contributed by atoms with E-state index in [0.29, 0.717) is 6.61 Å². The van der Waals surface area contributed by atoms with E-state index in [1.165, 1.54) is 0 Å². The molecule has 3 atom stereocenters. The lowest BCUT2D eigenvalue weighted by Gasteiger charge is -2.18. The van der Waals surface area contributed by atoms with Gasteiger partial charge in [-0.05, 0) is 12.8 Å². The predicted molar refractivity (Wildman–Crippen MR) is 70.7 cm³/mol. The molecule has 1 fully saturated rings. The molecule has 0 saturated carbocycles. The molecule has 0 aromatic heterocycles. The van der Waals surface area contributed by atoms with Crippen molar-refractivity contribution in [3.63, 3.8) is 0 Å². The normalized spacial score (nSPS) is 27.8. The molecule has 0 aromatic carbocycles. The number of rotatable bonds is 10. The quantitative estimate of drug-likeness (QED) is 0.566. The molecule has 0 unspecified atom stereocenters. The zero-order valence-electron chi connectivity index (χ0n) is 12.0. The molecule has 0 spiro atoms. The van der Waals surface area contributed by atoms with Crippen molar-refractivity contribution in [2.24, 2.45) is 0 Å². The van der Waals surface area contributed by atoms with Crippen LogP contribution in [-0.2, 0) is 18.9 Å². The summed E-state index contributed by atoms with van der Waals surface area (Å²) in [5.41, 5.74) is 0. The number of methoxy groups -OCH3 is 1. The van der Waals surface area contributed by atoms with Gasteiger partial charge < -0.3 is 18.9 Å². The number of hydrogen-bond acceptors (Lipinski definition) is 4. The van der Waals surface area contributed by atoms with Crippen molar-refractivity contribution in [1.82, 2.24) is 0 Å². The van der Waals surface area contributed by atoms with Gasteiger partial charge in [0.15, 0.2) is 6.29 Å². The van der Waals surface area contributed by atoms with Gasteiger partial charge in [-0.15, -0.1) is 0 Å². The molecule has 1 heterocycles. The number of hydrogen-bond donors (Lipinski definition) is 0. The molecule has 0 N–H and O–H groups in total. The molecular formula is C14H28O4. The first-order chi connectivity index (χ1) is 8.81. The van der Waals surface area contributed by atoms with Gasteiger partial charge in [-0.1, -0.05) is 26.7 Å². The van der Waals surface area contributed by atoms with Crippen LogP contribution in [-0.4, -0.2) is 45.4 Å². The lowest BCUT2D eigenvalue weighted by Crippen LogP contribution is -2.29. The van der Waals surface area contributed by atoms with Crippen molar-refractivity contribution in [2.45, 2.75) is 64.4 Å². The molecule has 0 bridgehead atoms. The van der Waals surface area contributed by atoms with Crippen LogP contribution in [0, 0.1) is 0 Å². The topological polar surface area (TPSA) is 36.9 Å². The van der Waals surface area contributed by atoms with Crippen molar-refractivity contribution in [1.29, 1.82) is 0 Å². The van der Waals surface area contributed by atoms with Crippen molar-refractivity contribution in [3.8, 4) is 0 Å². The van der Waals surface area contributed by atoms with Crippen LogP contribution < -0.4 is 0 Å². The minimum Gasteiger partial charge on any atom is -0.379 e. The van der Waals surface area contributed by atoms with E-state index < -0.39 is 0 Å². The molecule has 4 heteroatoms. The van der Waals surface area contributed by atoms with Crippen molar-refractivity contribution in [2.75, 3.05) is 26.9 Å². The first kappa shape index (κ1) is 15.9. The van der Waals surface area contributed by atoms with Gasteiger partial charge in [-0.2, -0.15) is 0 Å². The number of ether oxygens (including phenoxy) is 4. The maximum absolute atomic E-state index is 5.86. The van der Waals surface area contributed by atoms with E-state index in [2.05, 4.69) is 13.8 Å². The molecule has 1 aliphatic rings. The second kappa shape index (κ2) is 9.73. The average Bonchev–Trinajstić information content (AvgIpc) is 2.78. The molecule has 0 aliphatic carbocycles. The smallest absolute Gasteiger partial charge is 0.160 e. The zero-order valence-corrected chi connectivity index (χ0v) is 12.0. The van der Waals surface area contributed by atoms with E-state index >= 15 is 0 Å². The first-order valence-corrected chi connectivity index (χ1v) is 7.19. The highest BCUT2D eigenvalue weighted by Crippen LogP contribution is 2.24. The lowest BCUT2D eigenvalue weighted by molar-refractivity contribution is -0.135. The van der Waals surface area contributed by atoms with E-state index in [4.69, 9.17) is 18.9 Å². The van der Waals surface area contributed by atoms with Crippen molar-refractivity contribution < 1.29 is 18.9 Å². The summed E-state index contributed by atoms with van der Waals surface area (Å²) in [6.45, 7) is 6.53. The Morgan fingerprint density at radius 2 is 1.83 bits per heavy atom. The predicted octanol–water partition coefficient (Wildman–Crippen LogP) is 2.75. The summed E-state index contributed by atoms with van der Waals surface area (Å²) in [6.07, 6.45) is 5.30. The molecule has 1 rings (SSSR count). The Bertz CT molecular complexity index is 198. The summed E-state index contributed by atoms with van der Waals surface area (Å²) in [5, 5.41) is 0. The Labute approximate surface area is 111 Å². The van der Waals surface area contributed by atoms with Crippen LogP contribution in [0.2, 0.25) is 0 Å². The summed E-state index contributed by atoms with van der Waals surface area (Å²) < 4.78 is 22.5. The minimum absolute atomic E-state index is 0.0173. The molecule has 0 radical (unpaired) electrons. The van der Waals surface area contributed by atoms with Gasteiger partial charge >= 0.3 is 0 Å². The standard InChI is InChI=1S/C14H28O4/c1-4-6-8-16-11-13-12(17-9-7-5-2)10-14(15-3)18-13/h12-14H,4-11H2,1-3H3/t12-,13+,14-/m0/s1. The molecule has 1 saturated heterocycles. The fraction of sp³-hybridized carbons (Fsp3) is 1.00. The average molecular weight is 260 g/mol. The monoisotopic (exact) mass is 260 g/mol. The van der Waals surface area contributed by atoms with Gasteiger partial charge in [-0.3, -0.25) is 0 Å². The van der Waals surface area contributed by atoms with Crippen LogP contribution >= 0.6 is 0 Å². The van der Waals surface area contributed by atoms with Crippen molar-refractivity contribution >= 4 is 0 Å². The molecule has 18 heavy (non-hydrogen) atoms. The SMILES string of the molecule is CCCCOC[C@H]1O[C@H](OC)C[C@@H]1OCCCC. The zero-order chi connectivity index (χ0) is 13.2. The van der Waals surface area contributed by atoms with Crippen LogP contribution in [0.15, 0.2) is 0 Å². The third-order valence-electron chi connectivity index (χ3n) is 3.18. The van der Waals surface area contributed by atoms with Gasteiger partial charge in [0.2, 0.25) is 0 Å². The fourth-order valence-electron chi connectivity index (χ4n) is 1.98. The van der Waals surface area contributed by atoms with E-state index in [0.717, 1.165) is 45.3 Å². The van der Waals surface area contributed by atoms with Gasteiger partial charge in [0, 0.05) is 26.7 Å². The second-order valence-corrected chi connectivity index (χ2v) is 4.77. The maximum Gasteiger partial charge on any atom is 0.160 e. The highest BCUT2D eigenvalue weighted by molar-refractivity contribution is 4.79. The maximum atomic E-state index is 5.86. The van der Waals surface area contributed by atoms with E-state index in [9.17, 15) is 0 Å². The highest BCUT2D eigenvalue weighted by Gasteiger charge is 2.36. The van der Waals surface area contributed by atoms with Gasteiger partial charge in [0.1, 0.15) is 6.10 Å². The summed E-state index contributed by atoms with van der Waals surface area (Å²) >= 11 is 0. The Morgan fingerprint density at radius 3 is 2.50 bits per heavy atom. The summed E-state index contributed by atoms with van der Waals surface area (Å²) in [4.78, 5) is 0. The van der Waals surface area contributed by atoms with E-state index in [1.54, 1.807) is 7.11 Å². The lowest BCUT2D eigenvalue weighted by atomic mass is 10.2. The Hall–Kier alpha value is -0.160. The summed E-state index contributed by atoms with van der Waals surface area (Å²) in [6, 6.07) is 0. The van der Waals surface area contributed by atoms with Crippen LogP contribution in [0.4, 0.5) is 0 Å². The summed E-state index contributed by atoms with van der Waals surface area (Å²) in [5.74, 6) is 0. The van der Waals surface area contributed by atoms with Gasteiger partial charge in [-0.25, -0.2) is 0 Å². The summed E-state index contributed by atoms with van der Waals surface area (Å²) in [7, 11) is 1.67. The Balaban J connectivity index is 2.26. The van der Waals surface area contributed by atoms with Gasteiger partial charge in [0.05, 0.1) is 12.7 Å². The van der Waals surface area contributed by atoms with Gasteiger partial charge in [0.25, 0.3) is 0 Å². The highest BCUT2D eigenvalue weighted by atomic mass is 16.7. The first-order valence-electron chi connectivity index (χ1n) is 7.19. The molecule has 108 valence electrons. The van der Waals surface area contributed by atoms with Crippen LogP contribution in [0.25, 0.3) is 0 Å². The van der Waals surface area contributed by atoms with E-state index in [-0.39, 0.29) is 18.5 Å². The Morgan fingerprint density at radius 1 is 1.11 bits per heavy atom. The third-order valence-corrected chi connectivity index (χ3v) is 3.18.